The number of aliphatic carboxylic acids is 1. The van der Waals surface area contributed by atoms with E-state index in [4.69, 9.17) is 0 Å². The summed E-state index contributed by atoms with van der Waals surface area (Å²) in [6.07, 6.45) is -6.38. The van der Waals surface area contributed by atoms with Gasteiger partial charge < -0.3 is 20.0 Å². The third kappa shape index (κ3) is 6.06. The number of amides is 1. The number of carboxylic acid groups (broad SMARTS) is 1. The molecule has 1 unspecified atom stereocenters. The third-order valence-electron chi connectivity index (χ3n) is 1.77. The van der Waals surface area contributed by atoms with E-state index < -0.39 is 42.9 Å². The summed E-state index contributed by atoms with van der Waals surface area (Å²) >= 11 is 0. The maximum absolute atomic E-state index is 12.0. The summed E-state index contributed by atoms with van der Waals surface area (Å²) in [7, 11) is 0. The van der Waals surface area contributed by atoms with Gasteiger partial charge >= 0.3 is 18.1 Å². The molecule has 0 spiro atoms. The second-order valence-corrected chi connectivity index (χ2v) is 3.19. The van der Waals surface area contributed by atoms with Crippen molar-refractivity contribution in [1.82, 2.24) is 5.32 Å². The van der Waals surface area contributed by atoms with E-state index in [0.717, 1.165) is 0 Å². The zero-order valence-electron chi connectivity index (χ0n) is 9.37. The first-order valence-corrected chi connectivity index (χ1v) is 4.92. The van der Waals surface area contributed by atoms with E-state index in [1.54, 1.807) is 0 Å². The highest BCUT2D eigenvalue weighted by Crippen LogP contribution is 2.15. The van der Waals surface area contributed by atoms with Crippen molar-refractivity contribution in [3.63, 3.8) is 0 Å². The highest BCUT2D eigenvalue weighted by atomic mass is 19.4. The Labute approximate surface area is 100 Å². The molecule has 0 heterocycles. The lowest BCUT2D eigenvalue weighted by Gasteiger charge is -2.18. The van der Waals surface area contributed by atoms with Gasteiger partial charge in [-0.05, 0) is 19.8 Å². The van der Waals surface area contributed by atoms with Crippen LogP contribution in [0.5, 0.6) is 0 Å². The van der Waals surface area contributed by atoms with Gasteiger partial charge in [-0.1, -0.05) is 0 Å². The van der Waals surface area contributed by atoms with Crippen molar-refractivity contribution < 1.29 is 37.4 Å². The Kier molecular flexibility index (Phi) is 6.14. The topological polar surface area (TPSA) is 95.5 Å². The normalized spacial score (nSPS) is 12.7. The molecule has 0 aromatic carbocycles. The summed E-state index contributed by atoms with van der Waals surface area (Å²) in [4.78, 5) is 32.0. The van der Waals surface area contributed by atoms with E-state index in [0.29, 0.717) is 0 Å². The maximum Gasteiger partial charge on any atom is 0.471 e. The van der Waals surface area contributed by atoms with Crippen LogP contribution in [-0.2, 0) is 19.1 Å². The number of nitrogens with one attached hydrogen (secondary N) is 1. The van der Waals surface area contributed by atoms with Gasteiger partial charge in [0.15, 0.2) is 0 Å². The largest absolute Gasteiger partial charge is 0.550 e. The Hall–Kier alpha value is -1.80. The minimum atomic E-state index is -5.16. The standard InChI is InChI=1S/C9H12F3NO5/c1-2-18-7(16)5(3-4-6(14)15)13-8(17)9(10,11)12/h5H,2-4H2,1H3,(H,13,17)(H,14,15)/p-1. The number of rotatable bonds is 6. The Balaban J connectivity index is 4.61. The lowest BCUT2D eigenvalue weighted by atomic mass is 10.1. The van der Waals surface area contributed by atoms with E-state index in [-0.39, 0.29) is 6.61 Å². The maximum atomic E-state index is 12.0. The molecule has 0 aliphatic rings. The van der Waals surface area contributed by atoms with Gasteiger partial charge in [-0.2, -0.15) is 13.2 Å². The SMILES string of the molecule is CCOC(=O)C(CCC(=O)[O-])NC(=O)C(F)(F)F. The van der Waals surface area contributed by atoms with E-state index in [2.05, 4.69) is 4.74 Å². The van der Waals surface area contributed by atoms with Crippen molar-refractivity contribution in [3.05, 3.63) is 0 Å². The third-order valence-corrected chi connectivity index (χ3v) is 1.77. The van der Waals surface area contributed by atoms with Crippen molar-refractivity contribution in [1.29, 1.82) is 0 Å². The molecule has 0 fully saturated rings. The van der Waals surface area contributed by atoms with Crippen molar-refractivity contribution in [2.75, 3.05) is 6.61 Å². The molecule has 104 valence electrons. The van der Waals surface area contributed by atoms with Crippen LogP contribution in [0.1, 0.15) is 19.8 Å². The van der Waals surface area contributed by atoms with E-state index in [9.17, 15) is 32.7 Å². The molecule has 0 rings (SSSR count). The fraction of sp³-hybridized carbons (Fsp3) is 0.667. The highest BCUT2D eigenvalue weighted by Gasteiger charge is 2.40. The number of carbonyl (C=O) groups excluding carboxylic acids is 3. The molecule has 0 radical (unpaired) electrons. The van der Waals surface area contributed by atoms with Crippen LogP contribution in [-0.4, -0.2) is 36.7 Å². The highest BCUT2D eigenvalue weighted by molar-refractivity contribution is 5.87. The van der Waals surface area contributed by atoms with Crippen molar-refractivity contribution in [3.8, 4) is 0 Å². The van der Waals surface area contributed by atoms with Crippen LogP contribution >= 0.6 is 0 Å². The molecular weight excluding hydrogens is 259 g/mol. The lowest BCUT2D eigenvalue weighted by Crippen LogP contribution is -2.48. The van der Waals surface area contributed by atoms with Crippen LogP contribution in [0.15, 0.2) is 0 Å². The van der Waals surface area contributed by atoms with Gasteiger partial charge in [-0.15, -0.1) is 0 Å². The quantitative estimate of drug-likeness (QED) is 0.633. The Morgan fingerprint density at radius 2 is 1.89 bits per heavy atom. The predicted octanol–water partition coefficient (Wildman–Crippen LogP) is -0.873. The number of carbonyl (C=O) groups is 3. The Bertz CT molecular complexity index is 329. The van der Waals surface area contributed by atoms with Crippen LogP contribution in [0.3, 0.4) is 0 Å². The molecule has 0 saturated heterocycles. The lowest BCUT2D eigenvalue weighted by molar-refractivity contribution is -0.305. The summed E-state index contributed by atoms with van der Waals surface area (Å²) in [5, 5.41) is 11.5. The molecule has 0 aromatic rings. The second-order valence-electron chi connectivity index (χ2n) is 3.19. The monoisotopic (exact) mass is 270 g/mol. The zero-order valence-corrected chi connectivity index (χ0v) is 9.37. The molecule has 0 aliphatic carbocycles. The van der Waals surface area contributed by atoms with Crippen LogP contribution in [0.4, 0.5) is 13.2 Å². The van der Waals surface area contributed by atoms with Crippen LogP contribution in [0.2, 0.25) is 0 Å². The average molecular weight is 270 g/mol. The van der Waals surface area contributed by atoms with Crippen molar-refractivity contribution in [2.45, 2.75) is 32.0 Å². The van der Waals surface area contributed by atoms with Crippen LogP contribution in [0, 0.1) is 0 Å². The summed E-state index contributed by atoms with van der Waals surface area (Å²) in [6.45, 7) is 1.31. The van der Waals surface area contributed by atoms with Gasteiger partial charge in [0.05, 0.1) is 6.61 Å². The molecule has 18 heavy (non-hydrogen) atoms. The summed E-state index contributed by atoms with van der Waals surface area (Å²) in [5.41, 5.74) is 0. The van der Waals surface area contributed by atoms with Gasteiger partial charge in [0.1, 0.15) is 6.04 Å². The second kappa shape index (κ2) is 6.82. The first-order valence-electron chi connectivity index (χ1n) is 4.92. The zero-order chi connectivity index (χ0) is 14.3. The number of ether oxygens (including phenoxy) is 1. The number of alkyl halides is 3. The summed E-state index contributed by atoms with van der Waals surface area (Å²) < 4.78 is 40.3. The minimum Gasteiger partial charge on any atom is -0.550 e. The Morgan fingerprint density at radius 3 is 2.28 bits per heavy atom. The fourth-order valence-electron chi connectivity index (χ4n) is 0.994. The molecule has 1 N–H and O–H groups in total. The molecule has 1 amide bonds. The molecule has 9 heteroatoms. The first kappa shape index (κ1) is 16.2. The summed E-state index contributed by atoms with van der Waals surface area (Å²) in [5.74, 6) is -5.01. The van der Waals surface area contributed by atoms with Gasteiger partial charge in [0, 0.05) is 5.97 Å². The average Bonchev–Trinajstić information content (AvgIpc) is 2.22. The number of carboxylic acids is 1. The van der Waals surface area contributed by atoms with Gasteiger partial charge in [0.2, 0.25) is 0 Å². The molecule has 0 saturated carbocycles. The molecular formula is C9H11F3NO5-. The number of esters is 1. The molecule has 6 nitrogen and oxygen atoms in total. The van der Waals surface area contributed by atoms with Gasteiger partial charge in [0.25, 0.3) is 0 Å². The molecule has 0 aliphatic heterocycles. The predicted molar refractivity (Wildman–Crippen MR) is 48.9 cm³/mol. The van der Waals surface area contributed by atoms with Gasteiger partial charge in [-0.3, -0.25) is 4.79 Å². The summed E-state index contributed by atoms with van der Waals surface area (Å²) in [6, 6.07) is -1.67. The molecule has 0 aromatic heterocycles. The van der Waals surface area contributed by atoms with E-state index in [1.165, 1.54) is 12.2 Å². The smallest absolute Gasteiger partial charge is 0.471 e. The number of hydrogen-bond donors (Lipinski definition) is 1. The van der Waals surface area contributed by atoms with Crippen LogP contribution in [0.25, 0.3) is 0 Å². The number of hydrogen-bond acceptors (Lipinski definition) is 5. The minimum absolute atomic E-state index is 0.109. The van der Waals surface area contributed by atoms with Crippen LogP contribution < -0.4 is 10.4 Å². The van der Waals surface area contributed by atoms with Crippen molar-refractivity contribution in [2.24, 2.45) is 0 Å². The molecule has 1 atom stereocenters. The van der Waals surface area contributed by atoms with Gasteiger partial charge in [-0.25, -0.2) is 4.79 Å². The Morgan fingerprint density at radius 1 is 1.33 bits per heavy atom. The first-order chi connectivity index (χ1) is 8.18. The van der Waals surface area contributed by atoms with E-state index in [1.807, 2.05) is 0 Å². The molecule has 0 bridgehead atoms. The fourth-order valence-corrected chi connectivity index (χ4v) is 0.994. The number of halogens is 3. The van der Waals surface area contributed by atoms with Crippen molar-refractivity contribution >= 4 is 17.8 Å². The van der Waals surface area contributed by atoms with E-state index >= 15 is 0 Å².